The molecule has 5 heteroatoms. The zero-order chi connectivity index (χ0) is 17.9. The third-order valence-corrected chi connectivity index (χ3v) is 4.57. The second kappa shape index (κ2) is 7.02. The summed E-state index contributed by atoms with van der Waals surface area (Å²) in [5.41, 5.74) is 4.02. The second-order valence-electron chi connectivity index (χ2n) is 5.84. The Labute approximate surface area is 155 Å². The van der Waals surface area contributed by atoms with Crippen molar-refractivity contribution in [2.45, 2.75) is 6.54 Å². The molecule has 1 N–H and O–H groups in total. The molecule has 2 heterocycles. The maximum absolute atomic E-state index is 12.4. The minimum Gasteiger partial charge on any atom is -0.464 e. The van der Waals surface area contributed by atoms with E-state index in [2.05, 4.69) is 10.3 Å². The summed E-state index contributed by atoms with van der Waals surface area (Å²) in [6.07, 6.45) is 3.36. The van der Waals surface area contributed by atoms with Crippen LogP contribution in [0.4, 0.5) is 0 Å². The van der Waals surface area contributed by atoms with Gasteiger partial charge in [-0.1, -0.05) is 41.9 Å². The van der Waals surface area contributed by atoms with Gasteiger partial charge in [0, 0.05) is 34.3 Å². The Morgan fingerprint density at radius 3 is 2.65 bits per heavy atom. The zero-order valence-corrected chi connectivity index (χ0v) is 14.5. The fraction of sp³-hybridized carbons (Fsp3) is 0.0476. The number of nitrogens with one attached hydrogen (secondary N) is 1. The van der Waals surface area contributed by atoms with Crippen molar-refractivity contribution in [3.05, 3.63) is 89.3 Å². The summed E-state index contributed by atoms with van der Waals surface area (Å²) >= 11 is 6.11. The van der Waals surface area contributed by atoms with Crippen LogP contribution in [0.3, 0.4) is 0 Å². The number of furan rings is 1. The predicted molar refractivity (Wildman–Crippen MR) is 102 cm³/mol. The normalized spacial score (nSPS) is 10.8. The van der Waals surface area contributed by atoms with Gasteiger partial charge >= 0.3 is 0 Å². The van der Waals surface area contributed by atoms with Crippen LogP contribution in [0, 0.1) is 0 Å². The number of pyridine rings is 1. The summed E-state index contributed by atoms with van der Waals surface area (Å²) in [6.45, 7) is 0.385. The van der Waals surface area contributed by atoms with Gasteiger partial charge < -0.3 is 9.73 Å². The number of rotatable bonds is 4. The molecule has 2 aromatic carbocycles. The number of fused-ring (bicyclic) bond motifs is 1. The van der Waals surface area contributed by atoms with Crippen LogP contribution in [0.2, 0.25) is 5.02 Å². The minimum atomic E-state index is -0.147. The van der Waals surface area contributed by atoms with E-state index in [1.54, 1.807) is 30.7 Å². The molecule has 0 unspecified atom stereocenters. The van der Waals surface area contributed by atoms with Gasteiger partial charge in [-0.15, -0.1) is 0 Å². The number of nitrogens with zero attached hydrogens (tertiary/aromatic N) is 1. The van der Waals surface area contributed by atoms with Crippen LogP contribution in [0.5, 0.6) is 0 Å². The van der Waals surface area contributed by atoms with Gasteiger partial charge in [0.05, 0.1) is 12.0 Å². The lowest BCUT2D eigenvalue weighted by molar-refractivity contribution is 0.0951. The number of carbonyl (C=O) groups excluding carboxylic acids is 1. The first-order chi connectivity index (χ1) is 12.7. The van der Waals surface area contributed by atoms with Crippen molar-refractivity contribution in [2.24, 2.45) is 0 Å². The SMILES string of the molecule is O=C(NCc1ccccc1Cl)c1ccc(-c2nccc3occc23)cc1. The highest BCUT2D eigenvalue weighted by Crippen LogP contribution is 2.27. The molecule has 0 saturated carbocycles. The number of halogens is 1. The monoisotopic (exact) mass is 362 g/mol. The van der Waals surface area contributed by atoms with Crippen molar-refractivity contribution in [1.29, 1.82) is 0 Å². The highest BCUT2D eigenvalue weighted by atomic mass is 35.5. The fourth-order valence-electron chi connectivity index (χ4n) is 2.82. The molecule has 26 heavy (non-hydrogen) atoms. The molecule has 0 spiro atoms. The van der Waals surface area contributed by atoms with Crippen molar-refractivity contribution in [3.8, 4) is 11.3 Å². The largest absolute Gasteiger partial charge is 0.464 e. The third kappa shape index (κ3) is 3.19. The van der Waals surface area contributed by atoms with Gasteiger partial charge in [-0.3, -0.25) is 9.78 Å². The second-order valence-corrected chi connectivity index (χ2v) is 6.25. The Hall–Kier alpha value is -3.11. The Morgan fingerprint density at radius 2 is 1.85 bits per heavy atom. The molecule has 4 nitrogen and oxygen atoms in total. The molecule has 0 aliphatic carbocycles. The van der Waals surface area contributed by atoms with Crippen LogP contribution < -0.4 is 5.32 Å². The van der Waals surface area contributed by atoms with Gasteiger partial charge in [-0.05, 0) is 35.9 Å². The van der Waals surface area contributed by atoms with Crippen molar-refractivity contribution < 1.29 is 9.21 Å². The molecular formula is C21H15ClN2O2. The molecule has 1 amide bonds. The zero-order valence-electron chi connectivity index (χ0n) is 13.8. The van der Waals surface area contributed by atoms with Gasteiger partial charge in [0.25, 0.3) is 5.91 Å². The van der Waals surface area contributed by atoms with Gasteiger partial charge in [-0.25, -0.2) is 0 Å². The fourth-order valence-corrected chi connectivity index (χ4v) is 3.03. The van der Waals surface area contributed by atoms with Crippen molar-refractivity contribution >= 4 is 28.5 Å². The molecule has 4 aromatic rings. The summed E-state index contributed by atoms with van der Waals surface area (Å²) in [4.78, 5) is 16.8. The minimum absolute atomic E-state index is 0.147. The van der Waals surface area contributed by atoms with E-state index in [4.69, 9.17) is 16.0 Å². The maximum atomic E-state index is 12.4. The topological polar surface area (TPSA) is 55.1 Å². The maximum Gasteiger partial charge on any atom is 0.251 e. The first kappa shape index (κ1) is 16.4. The Morgan fingerprint density at radius 1 is 1.04 bits per heavy atom. The van der Waals surface area contributed by atoms with E-state index in [-0.39, 0.29) is 5.91 Å². The first-order valence-corrected chi connectivity index (χ1v) is 8.54. The average Bonchev–Trinajstić information content (AvgIpc) is 3.16. The average molecular weight is 363 g/mol. The molecule has 2 aromatic heterocycles. The van der Waals surface area contributed by atoms with Crippen LogP contribution in [0.15, 0.2) is 77.5 Å². The van der Waals surface area contributed by atoms with E-state index in [0.29, 0.717) is 17.1 Å². The number of hydrogen-bond acceptors (Lipinski definition) is 3. The van der Waals surface area contributed by atoms with E-state index < -0.39 is 0 Å². The molecule has 0 fully saturated rings. The molecule has 0 saturated heterocycles. The van der Waals surface area contributed by atoms with E-state index in [9.17, 15) is 4.79 Å². The third-order valence-electron chi connectivity index (χ3n) is 4.20. The molecule has 0 radical (unpaired) electrons. The van der Waals surface area contributed by atoms with E-state index in [1.165, 1.54) is 0 Å². The van der Waals surface area contributed by atoms with Crippen molar-refractivity contribution in [1.82, 2.24) is 10.3 Å². The first-order valence-electron chi connectivity index (χ1n) is 8.16. The molecule has 0 aliphatic rings. The number of hydrogen-bond donors (Lipinski definition) is 1. The van der Waals surface area contributed by atoms with E-state index in [1.807, 2.05) is 42.5 Å². The predicted octanol–water partition coefficient (Wildman–Crippen LogP) is 5.08. The highest BCUT2D eigenvalue weighted by Gasteiger charge is 2.10. The number of amides is 1. The number of aromatic nitrogens is 1. The molecular weight excluding hydrogens is 348 g/mol. The smallest absolute Gasteiger partial charge is 0.251 e. The van der Waals surface area contributed by atoms with Gasteiger partial charge in [-0.2, -0.15) is 0 Å². The van der Waals surface area contributed by atoms with Crippen molar-refractivity contribution in [3.63, 3.8) is 0 Å². The lowest BCUT2D eigenvalue weighted by atomic mass is 10.1. The number of carbonyl (C=O) groups is 1. The van der Waals surface area contributed by atoms with Crippen LogP contribution in [0.1, 0.15) is 15.9 Å². The summed E-state index contributed by atoms with van der Waals surface area (Å²) in [7, 11) is 0. The molecule has 0 bridgehead atoms. The quantitative estimate of drug-likeness (QED) is 0.551. The summed E-state index contributed by atoms with van der Waals surface area (Å²) in [5.74, 6) is -0.147. The molecule has 0 aliphatic heterocycles. The lowest BCUT2D eigenvalue weighted by Crippen LogP contribution is -2.22. The summed E-state index contributed by atoms with van der Waals surface area (Å²) in [5, 5.41) is 4.48. The highest BCUT2D eigenvalue weighted by molar-refractivity contribution is 6.31. The van der Waals surface area contributed by atoms with E-state index in [0.717, 1.165) is 27.8 Å². The molecule has 4 rings (SSSR count). The van der Waals surface area contributed by atoms with Crippen molar-refractivity contribution in [2.75, 3.05) is 0 Å². The standard InChI is InChI=1S/C21H15ClN2O2/c22-18-4-2-1-3-16(18)13-24-21(25)15-7-5-14(6-8-15)20-17-10-12-26-19(17)9-11-23-20/h1-12H,13H2,(H,24,25). The summed E-state index contributed by atoms with van der Waals surface area (Å²) in [6, 6.07) is 18.5. The van der Waals surface area contributed by atoms with Crippen LogP contribution in [0.25, 0.3) is 22.2 Å². The van der Waals surface area contributed by atoms with Gasteiger partial charge in [0.15, 0.2) is 0 Å². The Bertz CT molecular complexity index is 1070. The van der Waals surface area contributed by atoms with E-state index >= 15 is 0 Å². The Kier molecular flexibility index (Phi) is 4.42. The van der Waals surface area contributed by atoms with Crippen LogP contribution in [-0.4, -0.2) is 10.9 Å². The van der Waals surface area contributed by atoms with Gasteiger partial charge in [0.1, 0.15) is 5.58 Å². The van der Waals surface area contributed by atoms with Gasteiger partial charge in [0.2, 0.25) is 0 Å². The van der Waals surface area contributed by atoms with Crippen LogP contribution in [-0.2, 0) is 6.54 Å². The lowest BCUT2D eigenvalue weighted by Gasteiger charge is -2.08. The molecule has 0 atom stereocenters. The number of benzene rings is 2. The Balaban J connectivity index is 1.51. The van der Waals surface area contributed by atoms with Crippen LogP contribution >= 0.6 is 11.6 Å². The summed E-state index contributed by atoms with van der Waals surface area (Å²) < 4.78 is 5.41. The molecule has 128 valence electrons.